The maximum Gasteiger partial charge on any atom is 0.340 e. The summed E-state index contributed by atoms with van der Waals surface area (Å²) >= 11 is 0. The molecule has 1 saturated heterocycles. The first-order valence-corrected chi connectivity index (χ1v) is 7.96. The number of hydrogen-bond donors (Lipinski definition) is 2. The average molecular weight is 327 g/mol. The highest BCUT2D eigenvalue weighted by molar-refractivity contribution is 5.78. The molecule has 0 saturated carbocycles. The number of carbonyl (C=O) groups excluding carboxylic acids is 1. The molecule has 0 atom stereocenters. The number of hydrogen-bond acceptors (Lipinski definition) is 5. The number of aromatic amines is 2. The Labute approximate surface area is 136 Å². The fraction of sp³-hybridized carbons (Fsp3) is 0.375. The molecule has 1 aromatic carbocycles. The maximum atomic E-state index is 12.3. The number of nitrogens with one attached hydrogen (secondary N) is 2. The van der Waals surface area contributed by atoms with Gasteiger partial charge in [-0.2, -0.15) is 5.10 Å². The van der Waals surface area contributed by atoms with Gasteiger partial charge in [-0.1, -0.05) is 12.1 Å². The molecule has 0 aliphatic carbocycles. The monoisotopic (exact) mass is 327 g/mol. The molecule has 4 rings (SSSR count). The predicted molar refractivity (Wildman–Crippen MR) is 85.5 cm³/mol. The standard InChI is InChI=1S/C16H17N5O3/c22-14(9-13-18-16(23)20-19-13)21-7-5-10(6-8-21)15-17-11-3-1-2-4-12(11)24-15/h1-4,10H,5-9H2,(H2,18,19,20,23). The Morgan fingerprint density at radius 2 is 2.08 bits per heavy atom. The van der Waals surface area contributed by atoms with E-state index in [0.717, 1.165) is 29.8 Å². The van der Waals surface area contributed by atoms with Crippen LogP contribution in [0.15, 0.2) is 33.5 Å². The molecule has 1 amide bonds. The van der Waals surface area contributed by atoms with E-state index in [2.05, 4.69) is 20.2 Å². The maximum absolute atomic E-state index is 12.3. The van der Waals surface area contributed by atoms with Crippen molar-refractivity contribution >= 4 is 17.0 Å². The van der Waals surface area contributed by atoms with E-state index in [-0.39, 0.29) is 18.2 Å². The molecule has 8 heteroatoms. The zero-order valence-electron chi connectivity index (χ0n) is 13.0. The van der Waals surface area contributed by atoms with Gasteiger partial charge in [-0.15, -0.1) is 0 Å². The van der Waals surface area contributed by atoms with E-state index in [1.807, 2.05) is 24.3 Å². The van der Waals surface area contributed by atoms with E-state index >= 15 is 0 Å². The summed E-state index contributed by atoms with van der Waals surface area (Å²) in [7, 11) is 0. The number of benzene rings is 1. The van der Waals surface area contributed by atoms with Gasteiger partial charge in [0.25, 0.3) is 0 Å². The number of likely N-dealkylation sites (tertiary alicyclic amines) is 1. The molecule has 0 bridgehead atoms. The molecule has 1 aliphatic heterocycles. The third kappa shape index (κ3) is 2.82. The van der Waals surface area contributed by atoms with Crippen LogP contribution in [0.4, 0.5) is 0 Å². The Hall–Kier alpha value is -2.90. The molecule has 1 fully saturated rings. The van der Waals surface area contributed by atoms with Gasteiger partial charge < -0.3 is 9.32 Å². The number of oxazole rings is 1. The number of H-pyrrole nitrogens is 2. The first kappa shape index (κ1) is 14.7. The zero-order valence-corrected chi connectivity index (χ0v) is 13.0. The first-order chi connectivity index (χ1) is 11.7. The van der Waals surface area contributed by atoms with E-state index in [1.165, 1.54) is 0 Å². The molecule has 8 nitrogen and oxygen atoms in total. The van der Waals surface area contributed by atoms with E-state index in [0.29, 0.717) is 18.9 Å². The van der Waals surface area contributed by atoms with Gasteiger partial charge in [0, 0.05) is 19.0 Å². The summed E-state index contributed by atoms with van der Waals surface area (Å²) in [6, 6.07) is 7.72. The lowest BCUT2D eigenvalue weighted by Gasteiger charge is -2.30. The van der Waals surface area contributed by atoms with Crippen LogP contribution in [-0.4, -0.2) is 44.1 Å². The second-order valence-electron chi connectivity index (χ2n) is 5.98. The number of piperidine rings is 1. The molecule has 0 radical (unpaired) electrons. The first-order valence-electron chi connectivity index (χ1n) is 7.96. The highest BCUT2D eigenvalue weighted by Gasteiger charge is 2.27. The summed E-state index contributed by atoms with van der Waals surface area (Å²) in [4.78, 5) is 32.1. The van der Waals surface area contributed by atoms with Crippen molar-refractivity contribution in [2.24, 2.45) is 0 Å². The predicted octanol–water partition coefficient (Wildman–Crippen LogP) is 1.19. The lowest BCUT2D eigenvalue weighted by Crippen LogP contribution is -2.39. The van der Waals surface area contributed by atoms with Crippen LogP contribution in [0.3, 0.4) is 0 Å². The van der Waals surface area contributed by atoms with Crippen molar-refractivity contribution in [2.45, 2.75) is 25.2 Å². The minimum Gasteiger partial charge on any atom is -0.440 e. The summed E-state index contributed by atoms with van der Waals surface area (Å²) < 4.78 is 5.83. The Bertz CT molecular complexity index is 884. The quantitative estimate of drug-likeness (QED) is 0.751. The van der Waals surface area contributed by atoms with E-state index in [4.69, 9.17) is 4.42 Å². The third-order valence-electron chi connectivity index (χ3n) is 4.38. The number of para-hydroxylation sites is 2. The molecule has 2 aromatic heterocycles. The second kappa shape index (κ2) is 5.95. The van der Waals surface area contributed by atoms with Crippen LogP contribution in [0.25, 0.3) is 11.1 Å². The average Bonchev–Trinajstić information content (AvgIpc) is 3.21. The number of carbonyl (C=O) groups is 1. The highest BCUT2D eigenvalue weighted by Crippen LogP contribution is 2.29. The minimum atomic E-state index is -0.396. The van der Waals surface area contributed by atoms with E-state index in [1.54, 1.807) is 4.90 Å². The fourth-order valence-corrected chi connectivity index (χ4v) is 3.08. The molecule has 1 aliphatic rings. The summed E-state index contributed by atoms with van der Waals surface area (Å²) in [5.74, 6) is 1.31. The SMILES string of the molecule is O=C(Cc1n[nH]c(=O)[nH]1)N1CCC(c2nc3ccccc3o2)CC1. The molecular weight excluding hydrogens is 310 g/mol. The van der Waals surface area contributed by atoms with Gasteiger partial charge in [0.05, 0.1) is 6.42 Å². The molecule has 0 spiro atoms. The summed E-state index contributed by atoms with van der Waals surface area (Å²) in [5, 5.41) is 6.04. The van der Waals surface area contributed by atoms with Crippen molar-refractivity contribution < 1.29 is 9.21 Å². The van der Waals surface area contributed by atoms with Crippen molar-refractivity contribution in [3.05, 3.63) is 46.5 Å². The number of fused-ring (bicyclic) bond motifs is 1. The Kier molecular flexibility index (Phi) is 3.64. The smallest absolute Gasteiger partial charge is 0.340 e. The molecule has 124 valence electrons. The molecular formula is C16H17N5O3. The normalized spacial score (nSPS) is 15.9. The number of amides is 1. The minimum absolute atomic E-state index is 0.0336. The van der Waals surface area contributed by atoms with Crippen molar-refractivity contribution in [1.29, 1.82) is 0 Å². The van der Waals surface area contributed by atoms with Gasteiger partial charge in [-0.3, -0.25) is 9.78 Å². The summed E-state index contributed by atoms with van der Waals surface area (Å²) in [5.41, 5.74) is 1.27. The molecule has 2 N–H and O–H groups in total. The Balaban J connectivity index is 1.39. The highest BCUT2D eigenvalue weighted by atomic mass is 16.3. The van der Waals surface area contributed by atoms with Gasteiger partial charge in [0.1, 0.15) is 11.3 Å². The Morgan fingerprint density at radius 3 is 2.79 bits per heavy atom. The van der Waals surface area contributed by atoms with Gasteiger partial charge >= 0.3 is 5.69 Å². The van der Waals surface area contributed by atoms with Gasteiger partial charge in [-0.05, 0) is 25.0 Å². The lowest BCUT2D eigenvalue weighted by atomic mass is 9.96. The summed E-state index contributed by atoms with van der Waals surface area (Å²) in [6.07, 6.45) is 1.73. The van der Waals surface area contributed by atoms with Crippen LogP contribution in [0.2, 0.25) is 0 Å². The van der Waals surface area contributed by atoms with Gasteiger partial charge in [0.15, 0.2) is 11.5 Å². The molecule has 3 aromatic rings. The topological polar surface area (TPSA) is 108 Å². The number of rotatable bonds is 3. The van der Waals surface area contributed by atoms with Crippen molar-refractivity contribution in [3.8, 4) is 0 Å². The summed E-state index contributed by atoms with van der Waals surface area (Å²) in [6.45, 7) is 1.30. The van der Waals surface area contributed by atoms with Crippen LogP contribution in [0.5, 0.6) is 0 Å². The largest absolute Gasteiger partial charge is 0.440 e. The van der Waals surface area contributed by atoms with E-state index in [9.17, 15) is 9.59 Å². The molecule has 24 heavy (non-hydrogen) atoms. The van der Waals surface area contributed by atoms with Crippen molar-refractivity contribution in [3.63, 3.8) is 0 Å². The van der Waals surface area contributed by atoms with Crippen LogP contribution >= 0.6 is 0 Å². The van der Waals surface area contributed by atoms with Crippen LogP contribution in [-0.2, 0) is 11.2 Å². The van der Waals surface area contributed by atoms with Gasteiger partial charge in [-0.25, -0.2) is 14.9 Å². The third-order valence-corrected chi connectivity index (χ3v) is 4.38. The van der Waals surface area contributed by atoms with Gasteiger partial charge in [0.2, 0.25) is 5.91 Å². The Morgan fingerprint density at radius 1 is 1.29 bits per heavy atom. The van der Waals surface area contributed by atoms with Crippen LogP contribution < -0.4 is 5.69 Å². The lowest BCUT2D eigenvalue weighted by molar-refractivity contribution is -0.131. The molecule has 3 heterocycles. The van der Waals surface area contributed by atoms with Crippen LogP contribution in [0, 0.1) is 0 Å². The van der Waals surface area contributed by atoms with E-state index < -0.39 is 5.69 Å². The van der Waals surface area contributed by atoms with Crippen molar-refractivity contribution in [2.75, 3.05) is 13.1 Å². The second-order valence-corrected chi connectivity index (χ2v) is 5.98. The fourth-order valence-electron chi connectivity index (χ4n) is 3.08. The van der Waals surface area contributed by atoms with Crippen LogP contribution in [0.1, 0.15) is 30.5 Å². The zero-order chi connectivity index (χ0) is 16.5. The molecule has 0 unspecified atom stereocenters. The number of nitrogens with zero attached hydrogens (tertiary/aromatic N) is 3. The van der Waals surface area contributed by atoms with Crippen molar-refractivity contribution in [1.82, 2.24) is 25.1 Å². The number of aromatic nitrogens is 4.